The van der Waals surface area contributed by atoms with Gasteiger partial charge in [0.05, 0.1) is 4.90 Å². The van der Waals surface area contributed by atoms with Gasteiger partial charge in [-0.05, 0) is 41.3 Å². The fourth-order valence-corrected chi connectivity index (χ4v) is 4.49. The molecule has 0 saturated carbocycles. The topological polar surface area (TPSA) is 106 Å². The highest BCUT2D eigenvalue weighted by Gasteiger charge is 2.17. The second-order valence-corrected chi connectivity index (χ2v) is 9.22. The van der Waals surface area contributed by atoms with Gasteiger partial charge in [0.25, 0.3) is 10.0 Å². The quantitative estimate of drug-likeness (QED) is 0.851. The summed E-state index contributed by atoms with van der Waals surface area (Å²) in [6.07, 6.45) is 1.09. The number of nitrogens with one attached hydrogen (secondary N) is 1. The van der Waals surface area contributed by atoms with Crippen LogP contribution in [0.3, 0.4) is 0 Å². The molecule has 0 saturated heterocycles. The maximum absolute atomic E-state index is 12.2. The van der Waals surface area contributed by atoms with E-state index in [0.717, 1.165) is 23.2 Å². The minimum absolute atomic E-state index is 0.131. The van der Waals surface area contributed by atoms with E-state index in [1.54, 1.807) is 5.38 Å². The lowest BCUT2D eigenvalue weighted by molar-refractivity contribution is 0.601. The highest BCUT2D eigenvalue weighted by Crippen LogP contribution is 2.23. The number of thiophene rings is 1. The van der Waals surface area contributed by atoms with Gasteiger partial charge in [-0.1, -0.05) is 0 Å². The summed E-state index contributed by atoms with van der Waals surface area (Å²) in [5.74, 6) is 0. The Kier molecular flexibility index (Phi) is 4.38. The first kappa shape index (κ1) is 16.0. The van der Waals surface area contributed by atoms with E-state index in [1.165, 1.54) is 30.3 Å². The van der Waals surface area contributed by atoms with Crippen LogP contribution in [-0.2, 0) is 26.4 Å². The maximum Gasteiger partial charge on any atom is 0.271 e. The molecule has 21 heavy (non-hydrogen) atoms. The summed E-state index contributed by atoms with van der Waals surface area (Å²) < 4.78 is 49.5. The summed E-state index contributed by atoms with van der Waals surface area (Å²) in [4.78, 5) is 0.131. The molecule has 0 amide bonds. The van der Waals surface area contributed by atoms with E-state index in [4.69, 9.17) is 5.73 Å². The van der Waals surface area contributed by atoms with Crippen LogP contribution in [0.15, 0.2) is 44.8 Å². The average Bonchev–Trinajstić information content (AvgIpc) is 2.87. The summed E-state index contributed by atoms with van der Waals surface area (Å²) in [5.41, 5.74) is 6.49. The van der Waals surface area contributed by atoms with Gasteiger partial charge in [-0.3, -0.25) is 4.72 Å². The molecule has 0 aliphatic carbocycles. The van der Waals surface area contributed by atoms with Crippen molar-refractivity contribution in [2.75, 3.05) is 11.0 Å². The summed E-state index contributed by atoms with van der Waals surface area (Å²) >= 11 is 1.08. The van der Waals surface area contributed by atoms with Crippen LogP contribution >= 0.6 is 11.3 Å². The predicted octanol–water partition coefficient (Wildman–Crippen LogP) is 1.41. The van der Waals surface area contributed by atoms with Crippen LogP contribution in [-0.4, -0.2) is 23.1 Å². The number of rotatable bonds is 5. The van der Waals surface area contributed by atoms with Gasteiger partial charge in [-0.15, -0.1) is 11.3 Å². The SMILES string of the molecule is CS(=O)(=O)c1ccc(NS(=O)(=O)c2cc(CN)cs2)cc1. The summed E-state index contributed by atoms with van der Waals surface area (Å²) in [6, 6.07) is 7.04. The molecule has 0 aliphatic rings. The fraction of sp³-hybridized carbons (Fsp3) is 0.167. The van der Waals surface area contributed by atoms with E-state index < -0.39 is 19.9 Å². The largest absolute Gasteiger partial charge is 0.326 e. The van der Waals surface area contributed by atoms with E-state index in [-0.39, 0.29) is 15.6 Å². The Morgan fingerprint density at radius 2 is 1.76 bits per heavy atom. The van der Waals surface area contributed by atoms with E-state index in [0.29, 0.717) is 5.69 Å². The van der Waals surface area contributed by atoms with Crippen LogP contribution in [0.4, 0.5) is 5.69 Å². The van der Waals surface area contributed by atoms with Gasteiger partial charge in [-0.25, -0.2) is 16.8 Å². The smallest absolute Gasteiger partial charge is 0.271 e. The monoisotopic (exact) mass is 346 g/mol. The van der Waals surface area contributed by atoms with Crippen molar-refractivity contribution in [3.63, 3.8) is 0 Å². The zero-order chi connectivity index (χ0) is 15.7. The molecule has 0 fully saturated rings. The first-order valence-electron chi connectivity index (χ1n) is 5.83. The molecular weight excluding hydrogens is 332 g/mol. The average molecular weight is 346 g/mol. The van der Waals surface area contributed by atoms with Gasteiger partial charge in [0.2, 0.25) is 0 Å². The van der Waals surface area contributed by atoms with Crippen LogP contribution in [0.2, 0.25) is 0 Å². The zero-order valence-corrected chi connectivity index (χ0v) is 13.6. The molecule has 0 aliphatic heterocycles. The fourth-order valence-electron chi connectivity index (χ4n) is 1.58. The van der Waals surface area contributed by atoms with Crippen molar-refractivity contribution in [1.29, 1.82) is 0 Å². The number of hydrogen-bond donors (Lipinski definition) is 2. The van der Waals surface area contributed by atoms with Crippen LogP contribution in [0.1, 0.15) is 5.56 Å². The number of benzene rings is 1. The third-order valence-electron chi connectivity index (χ3n) is 2.66. The lowest BCUT2D eigenvalue weighted by Crippen LogP contribution is -2.11. The number of sulfonamides is 1. The third kappa shape index (κ3) is 3.82. The molecule has 2 aromatic rings. The molecule has 114 valence electrons. The van der Waals surface area contributed by atoms with E-state index in [1.807, 2.05) is 0 Å². The van der Waals surface area contributed by atoms with Crippen LogP contribution in [0.5, 0.6) is 0 Å². The van der Waals surface area contributed by atoms with Crippen LogP contribution in [0.25, 0.3) is 0 Å². The molecule has 2 rings (SSSR count). The van der Waals surface area contributed by atoms with Crippen molar-refractivity contribution in [3.05, 3.63) is 41.3 Å². The first-order valence-corrected chi connectivity index (χ1v) is 10.1. The van der Waals surface area contributed by atoms with Gasteiger partial charge in [-0.2, -0.15) is 0 Å². The second-order valence-electron chi connectivity index (χ2n) is 4.38. The summed E-state index contributed by atoms with van der Waals surface area (Å²) in [7, 11) is -6.99. The van der Waals surface area contributed by atoms with Gasteiger partial charge in [0.15, 0.2) is 9.84 Å². The Hall–Kier alpha value is -1.42. The normalized spacial score (nSPS) is 12.3. The molecule has 1 aromatic carbocycles. The Morgan fingerprint density at radius 1 is 1.14 bits per heavy atom. The van der Waals surface area contributed by atoms with Gasteiger partial charge in [0, 0.05) is 18.5 Å². The van der Waals surface area contributed by atoms with Crippen LogP contribution in [0, 0.1) is 0 Å². The Morgan fingerprint density at radius 3 is 2.24 bits per heavy atom. The molecule has 6 nitrogen and oxygen atoms in total. The molecule has 0 unspecified atom stereocenters. The van der Waals surface area contributed by atoms with Crippen molar-refractivity contribution in [1.82, 2.24) is 0 Å². The second kappa shape index (κ2) is 5.76. The van der Waals surface area contributed by atoms with Gasteiger partial charge in [0.1, 0.15) is 4.21 Å². The van der Waals surface area contributed by atoms with Crippen molar-refractivity contribution in [3.8, 4) is 0 Å². The minimum Gasteiger partial charge on any atom is -0.326 e. The molecule has 9 heteroatoms. The zero-order valence-electron chi connectivity index (χ0n) is 11.1. The third-order valence-corrected chi connectivity index (χ3v) is 6.66. The molecule has 3 N–H and O–H groups in total. The number of anilines is 1. The van der Waals surface area contributed by atoms with E-state index in [2.05, 4.69) is 4.72 Å². The van der Waals surface area contributed by atoms with E-state index >= 15 is 0 Å². The molecule has 1 aromatic heterocycles. The Bertz CT molecular complexity index is 837. The molecular formula is C12H14N2O4S3. The van der Waals surface area contributed by atoms with E-state index in [9.17, 15) is 16.8 Å². The van der Waals surface area contributed by atoms with Gasteiger partial charge >= 0.3 is 0 Å². The van der Waals surface area contributed by atoms with Gasteiger partial charge < -0.3 is 5.73 Å². The number of nitrogens with two attached hydrogens (primary N) is 1. The summed E-state index contributed by atoms with van der Waals surface area (Å²) in [6.45, 7) is 0.273. The van der Waals surface area contributed by atoms with Crippen molar-refractivity contribution in [2.45, 2.75) is 15.6 Å². The lowest BCUT2D eigenvalue weighted by atomic mass is 10.3. The van der Waals surface area contributed by atoms with Crippen molar-refractivity contribution >= 4 is 36.9 Å². The minimum atomic E-state index is -3.69. The highest BCUT2D eigenvalue weighted by molar-refractivity contribution is 7.94. The standard InChI is InChI=1S/C12H14N2O4S3/c1-20(15,16)11-4-2-10(3-5-11)14-21(17,18)12-6-9(7-13)8-19-12/h2-6,8,14H,7,13H2,1H3. The summed E-state index contributed by atoms with van der Waals surface area (Å²) in [5, 5.41) is 1.68. The van der Waals surface area contributed by atoms with Crippen LogP contribution < -0.4 is 10.5 Å². The first-order chi connectivity index (χ1) is 9.72. The predicted molar refractivity (Wildman–Crippen MR) is 82.6 cm³/mol. The maximum atomic E-state index is 12.2. The lowest BCUT2D eigenvalue weighted by Gasteiger charge is -2.06. The molecule has 0 spiro atoms. The highest BCUT2D eigenvalue weighted by atomic mass is 32.2. The molecule has 0 atom stereocenters. The molecule has 1 heterocycles. The van der Waals surface area contributed by atoms with Crippen molar-refractivity contribution in [2.24, 2.45) is 5.73 Å². The molecule has 0 radical (unpaired) electrons. The number of sulfone groups is 1. The molecule has 0 bridgehead atoms. The number of hydrogen-bond acceptors (Lipinski definition) is 6. The van der Waals surface area contributed by atoms with Crippen molar-refractivity contribution < 1.29 is 16.8 Å². The Balaban J connectivity index is 2.24. The Labute approximate surface area is 127 Å².